The third kappa shape index (κ3) is 3.95. The number of carboxylic acids is 1. The van der Waals surface area contributed by atoms with E-state index >= 15 is 0 Å². The summed E-state index contributed by atoms with van der Waals surface area (Å²) in [7, 11) is 0. The van der Waals surface area contributed by atoms with Crippen molar-refractivity contribution in [1.82, 2.24) is 0 Å². The minimum atomic E-state index is -4.31. The molecule has 3 unspecified atom stereocenters. The Hall–Kier alpha value is -0.780. The van der Waals surface area contributed by atoms with Gasteiger partial charge in [-0.25, -0.2) is 0 Å². The van der Waals surface area contributed by atoms with E-state index in [4.69, 9.17) is 10.8 Å². The molecule has 0 fully saturated rings. The lowest BCUT2D eigenvalue weighted by Gasteiger charge is -2.22. The summed E-state index contributed by atoms with van der Waals surface area (Å²) in [4.78, 5) is 10.4. The number of hydrogen-bond donors (Lipinski definition) is 2. The summed E-state index contributed by atoms with van der Waals surface area (Å²) in [6.07, 6.45) is -4.67. The molecule has 84 valence electrons. The van der Waals surface area contributed by atoms with Crippen molar-refractivity contribution in [3.8, 4) is 0 Å². The number of alkyl halides is 3. The van der Waals surface area contributed by atoms with Gasteiger partial charge in [-0.15, -0.1) is 0 Å². The van der Waals surface area contributed by atoms with E-state index < -0.39 is 30.0 Å². The zero-order chi connectivity index (χ0) is 11.5. The molecular formula is C8H14F3NO2. The van der Waals surface area contributed by atoms with E-state index in [1.54, 1.807) is 0 Å². The van der Waals surface area contributed by atoms with Crippen molar-refractivity contribution in [2.24, 2.45) is 17.6 Å². The number of carboxylic acid groups (broad SMARTS) is 1. The van der Waals surface area contributed by atoms with Gasteiger partial charge in [-0.3, -0.25) is 4.79 Å². The maximum Gasteiger partial charge on any atom is 0.391 e. The zero-order valence-corrected chi connectivity index (χ0v) is 8.01. The lowest BCUT2D eigenvalue weighted by Crippen LogP contribution is -2.37. The number of halogens is 3. The normalized spacial score (nSPS) is 18.7. The molecule has 0 saturated heterocycles. The third-order valence-electron chi connectivity index (χ3n) is 2.22. The van der Waals surface area contributed by atoms with Crippen LogP contribution in [0.25, 0.3) is 0 Å². The van der Waals surface area contributed by atoms with Crippen molar-refractivity contribution in [1.29, 1.82) is 0 Å². The van der Waals surface area contributed by atoms with Crippen LogP contribution in [0.1, 0.15) is 20.3 Å². The lowest BCUT2D eigenvalue weighted by molar-refractivity contribution is -0.173. The number of carbonyl (C=O) groups is 1. The van der Waals surface area contributed by atoms with Crippen LogP contribution < -0.4 is 5.73 Å². The molecule has 0 aromatic rings. The molecule has 0 saturated carbocycles. The number of hydrogen-bond acceptors (Lipinski definition) is 2. The number of rotatable bonds is 4. The summed E-state index contributed by atoms with van der Waals surface area (Å²) >= 11 is 0. The first-order valence-corrected chi connectivity index (χ1v) is 4.21. The fourth-order valence-corrected chi connectivity index (χ4v) is 0.929. The summed E-state index contributed by atoms with van der Waals surface area (Å²) in [6, 6.07) is -0.968. The first kappa shape index (κ1) is 13.2. The Labute approximate surface area is 80.1 Å². The Bertz CT molecular complexity index is 205. The Morgan fingerprint density at radius 1 is 1.43 bits per heavy atom. The van der Waals surface area contributed by atoms with Crippen molar-refractivity contribution >= 4 is 5.97 Å². The van der Waals surface area contributed by atoms with E-state index in [9.17, 15) is 18.0 Å². The van der Waals surface area contributed by atoms with Crippen LogP contribution in [0.4, 0.5) is 13.2 Å². The van der Waals surface area contributed by atoms with Gasteiger partial charge in [-0.1, -0.05) is 13.8 Å². The molecule has 0 radical (unpaired) electrons. The molecule has 0 aliphatic rings. The van der Waals surface area contributed by atoms with E-state index in [-0.39, 0.29) is 6.42 Å². The van der Waals surface area contributed by atoms with E-state index in [0.29, 0.717) is 0 Å². The molecule has 0 amide bonds. The molecule has 0 spiro atoms. The first-order chi connectivity index (χ1) is 6.16. The Balaban J connectivity index is 4.19. The smallest absolute Gasteiger partial charge is 0.391 e. The van der Waals surface area contributed by atoms with Crippen LogP contribution in [0.15, 0.2) is 0 Å². The maximum absolute atomic E-state index is 12.1. The summed E-state index contributed by atoms with van der Waals surface area (Å²) in [6.45, 7) is 2.30. The fraction of sp³-hybridized carbons (Fsp3) is 0.875. The molecule has 0 aliphatic heterocycles. The minimum absolute atomic E-state index is 0.364. The first-order valence-electron chi connectivity index (χ1n) is 4.21. The van der Waals surface area contributed by atoms with Gasteiger partial charge in [0.25, 0.3) is 0 Å². The van der Waals surface area contributed by atoms with Crippen LogP contribution in [0.3, 0.4) is 0 Å². The summed E-state index contributed by atoms with van der Waals surface area (Å²) < 4.78 is 36.2. The third-order valence-corrected chi connectivity index (χ3v) is 2.22. The zero-order valence-electron chi connectivity index (χ0n) is 8.01. The monoisotopic (exact) mass is 213 g/mol. The van der Waals surface area contributed by atoms with Crippen molar-refractivity contribution in [3.05, 3.63) is 0 Å². The molecule has 0 aliphatic carbocycles. The van der Waals surface area contributed by atoms with Crippen LogP contribution in [0.5, 0.6) is 0 Å². The molecule has 0 bridgehead atoms. The average Bonchev–Trinajstić information content (AvgIpc) is 2.00. The fourth-order valence-electron chi connectivity index (χ4n) is 0.929. The number of aliphatic carboxylic acids is 1. The van der Waals surface area contributed by atoms with Crippen LogP contribution >= 0.6 is 0 Å². The standard InChI is InChI=1S/C8H14F3NO2/c1-4(8(9,10)11)3-6(12)5(2)7(13)14/h4-6H,3,12H2,1-2H3,(H,13,14). The highest BCUT2D eigenvalue weighted by Crippen LogP contribution is 2.29. The van der Waals surface area contributed by atoms with Gasteiger partial charge in [-0.05, 0) is 6.42 Å². The van der Waals surface area contributed by atoms with Gasteiger partial charge in [0.05, 0.1) is 11.8 Å². The van der Waals surface area contributed by atoms with Crippen molar-refractivity contribution < 1.29 is 23.1 Å². The summed E-state index contributed by atoms with van der Waals surface area (Å²) in [5.41, 5.74) is 5.33. The quantitative estimate of drug-likeness (QED) is 0.745. The second kappa shape index (κ2) is 4.63. The molecule has 6 heteroatoms. The predicted octanol–water partition coefficient (Wildman–Crippen LogP) is 1.62. The van der Waals surface area contributed by atoms with Gasteiger partial charge in [0.15, 0.2) is 0 Å². The van der Waals surface area contributed by atoms with E-state index in [2.05, 4.69) is 0 Å². The largest absolute Gasteiger partial charge is 0.481 e. The Kier molecular flexibility index (Phi) is 4.38. The number of nitrogens with two attached hydrogens (primary N) is 1. The van der Waals surface area contributed by atoms with Gasteiger partial charge in [0, 0.05) is 6.04 Å². The van der Waals surface area contributed by atoms with Crippen LogP contribution in [0, 0.1) is 11.8 Å². The molecule has 0 heterocycles. The highest BCUT2D eigenvalue weighted by Gasteiger charge is 2.38. The second-order valence-corrected chi connectivity index (χ2v) is 3.47. The SMILES string of the molecule is CC(C(=O)O)C(N)CC(C)C(F)(F)F. The predicted molar refractivity (Wildman–Crippen MR) is 44.6 cm³/mol. The van der Waals surface area contributed by atoms with E-state index in [1.807, 2.05) is 0 Å². The summed E-state index contributed by atoms with van der Waals surface area (Å²) in [5.74, 6) is -3.70. The highest BCUT2D eigenvalue weighted by molar-refractivity contribution is 5.70. The molecule has 3 N–H and O–H groups in total. The summed E-state index contributed by atoms with van der Waals surface area (Å²) in [5, 5.41) is 8.51. The maximum atomic E-state index is 12.1. The molecule has 0 aromatic heterocycles. The van der Waals surface area contributed by atoms with E-state index in [0.717, 1.165) is 6.92 Å². The average molecular weight is 213 g/mol. The van der Waals surface area contributed by atoms with Gasteiger partial charge < -0.3 is 10.8 Å². The second-order valence-electron chi connectivity index (χ2n) is 3.47. The van der Waals surface area contributed by atoms with Gasteiger partial charge in [-0.2, -0.15) is 13.2 Å². The molecule has 3 nitrogen and oxygen atoms in total. The van der Waals surface area contributed by atoms with Gasteiger partial charge in [0.1, 0.15) is 0 Å². The molecule has 0 aromatic carbocycles. The lowest BCUT2D eigenvalue weighted by atomic mass is 9.93. The van der Waals surface area contributed by atoms with Crippen LogP contribution in [-0.4, -0.2) is 23.3 Å². The molecule has 0 rings (SSSR count). The van der Waals surface area contributed by atoms with Gasteiger partial charge in [0.2, 0.25) is 0 Å². The molecular weight excluding hydrogens is 199 g/mol. The highest BCUT2D eigenvalue weighted by atomic mass is 19.4. The van der Waals surface area contributed by atoms with Crippen molar-refractivity contribution in [2.45, 2.75) is 32.5 Å². The Morgan fingerprint density at radius 3 is 2.14 bits per heavy atom. The van der Waals surface area contributed by atoms with Crippen molar-refractivity contribution in [3.63, 3.8) is 0 Å². The Morgan fingerprint density at radius 2 is 1.86 bits per heavy atom. The van der Waals surface area contributed by atoms with Crippen molar-refractivity contribution in [2.75, 3.05) is 0 Å². The van der Waals surface area contributed by atoms with E-state index in [1.165, 1.54) is 6.92 Å². The topological polar surface area (TPSA) is 63.3 Å². The minimum Gasteiger partial charge on any atom is -0.481 e. The van der Waals surface area contributed by atoms with Crippen LogP contribution in [-0.2, 0) is 4.79 Å². The van der Waals surface area contributed by atoms with Gasteiger partial charge >= 0.3 is 12.1 Å². The van der Waals surface area contributed by atoms with Crippen LogP contribution in [0.2, 0.25) is 0 Å². The molecule has 3 atom stereocenters. The molecule has 14 heavy (non-hydrogen) atoms.